The largest absolute Gasteiger partial charge is 0.493 e. The number of aromatic nitrogens is 1. The summed E-state index contributed by atoms with van der Waals surface area (Å²) in [7, 11) is 3.01. The highest BCUT2D eigenvalue weighted by molar-refractivity contribution is 7.21. The van der Waals surface area contributed by atoms with Gasteiger partial charge in [0.05, 0.1) is 59.7 Å². The standard InChI is InChI=1S/C29H29NO10S2/c1-15(29(35)36)9-19(32)26-12-17-24(42-26)14-22(38-3)28(30-17)40-8-4-7-39-21-10-16-11-25(18(31)5-6-27(33)34)41-23(16)13-20(21)37-2/h10-15H,4-9H2,1-3H3,(H,33,34)(H,35,36). The fourth-order valence-electron chi connectivity index (χ4n) is 4.00. The van der Waals surface area contributed by atoms with Crippen molar-refractivity contribution >= 4 is 66.5 Å². The molecule has 4 aromatic rings. The number of benzene rings is 1. The summed E-state index contributed by atoms with van der Waals surface area (Å²) in [5.74, 6) is -1.64. The number of pyridine rings is 1. The molecule has 13 heteroatoms. The fourth-order valence-corrected chi connectivity index (χ4v) is 6.02. The van der Waals surface area contributed by atoms with E-state index in [4.69, 9.17) is 29.2 Å². The van der Waals surface area contributed by atoms with Gasteiger partial charge in [-0.1, -0.05) is 6.92 Å². The Labute approximate surface area is 248 Å². The average molecular weight is 616 g/mol. The Balaban J connectivity index is 1.37. The van der Waals surface area contributed by atoms with E-state index in [0.29, 0.717) is 45.5 Å². The maximum atomic E-state index is 12.5. The van der Waals surface area contributed by atoms with Crippen molar-refractivity contribution in [2.24, 2.45) is 5.92 Å². The summed E-state index contributed by atoms with van der Waals surface area (Å²) in [4.78, 5) is 52.2. The zero-order valence-electron chi connectivity index (χ0n) is 23.1. The molecule has 2 N–H and O–H groups in total. The third-order valence-corrected chi connectivity index (χ3v) is 8.52. The van der Waals surface area contributed by atoms with E-state index in [-0.39, 0.29) is 43.3 Å². The van der Waals surface area contributed by atoms with Crippen LogP contribution in [0.3, 0.4) is 0 Å². The molecule has 3 aromatic heterocycles. The molecule has 0 spiro atoms. The third kappa shape index (κ3) is 7.34. The van der Waals surface area contributed by atoms with Gasteiger partial charge in [0.1, 0.15) is 0 Å². The van der Waals surface area contributed by atoms with Crippen molar-refractivity contribution in [1.82, 2.24) is 4.98 Å². The molecule has 0 bridgehead atoms. The molecular formula is C29H29NO10S2. The van der Waals surface area contributed by atoms with Gasteiger partial charge in [-0.2, -0.15) is 0 Å². The van der Waals surface area contributed by atoms with E-state index in [1.54, 1.807) is 30.3 Å². The van der Waals surface area contributed by atoms with E-state index in [1.165, 1.54) is 43.8 Å². The Morgan fingerprint density at radius 3 is 2.17 bits per heavy atom. The number of methoxy groups -OCH3 is 2. The molecule has 1 unspecified atom stereocenters. The van der Waals surface area contributed by atoms with E-state index in [9.17, 15) is 19.2 Å². The number of thiophene rings is 2. The van der Waals surface area contributed by atoms with Crippen LogP contribution in [0.2, 0.25) is 0 Å². The first kappa shape index (κ1) is 30.7. The summed E-state index contributed by atoms with van der Waals surface area (Å²) < 4.78 is 24.2. The summed E-state index contributed by atoms with van der Waals surface area (Å²) in [6.07, 6.45) is 0.114. The molecule has 0 fully saturated rings. The van der Waals surface area contributed by atoms with Crippen LogP contribution in [0.5, 0.6) is 23.1 Å². The average Bonchev–Trinajstić information content (AvgIpc) is 3.58. The molecule has 0 saturated heterocycles. The van der Waals surface area contributed by atoms with Crippen LogP contribution in [0, 0.1) is 5.92 Å². The fraction of sp³-hybridized carbons (Fsp3) is 0.345. The van der Waals surface area contributed by atoms with E-state index < -0.39 is 17.9 Å². The maximum absolute atomic E-state index is 12.5. The van der Waals surface area contributed by atoms with Crippen molar-refractivity contribution in [3.8, 4) is 23.1 Å². The number of Topliss-reactive ketones (excluding diaryl/α,β-unsaturated/α-hetero) is 2. The Kier molecular flexibility index (Phi) is 9.96. The normalized spacial score (nSPS) is 11.8. The van der Waals surface area contributed by atoms with Crippen LogP contribution in [0.1, 0.15) is 52.0 Å². The number of aliphatic carboxylic acids is 2. The molecular weight excluding hydrogens is 586 g/mol. The molecule has 1 aromatic carbocycles. The molecule has 11 nitrogen and oxygen atoms in total. The number of nitrogens with zero attached hydrogens (tertiary/aromatic N) is 1. The first-order chi connectivity index (χ1) is 20.1. The second kappa shape index (κ2) is 13.6. The van der Waals surface area contributed by atoms with Gasteiger partial charge in [0, 0.05) is 36.1 Å². The van der Waals surface area contributed by atoms with Crippen molar-refractivity contribution < 1.29 is 48.3 Å². The minimum absolute atomic E-state index is 0.0625. The summed E-state index contributed by atoms with van der Waals surface area (Å²) >= 11 is 2.50. The van der Waals surface area contributed by atoms with Crippen molar-refractivity contribution in [2.75, 3.05) is 27.4 Å². The lowest BCUT2D eigenvalue weighted by molar-refractivity contribution is -0.141. The van der Waals surface area contributed by atoms with E-state index in [2.05, 4.69) is 4.98 Å². The molecule has 0 aliphatic carbocycles. The first-order valence-corrected chi connectivity index (χ1v) is 14.6. The van der Waals surface area contributed by atoms with Gasteiger partial charge in [-0.3, -0.25) is 19.2 Å². The second-order valence-electron chi connectivity index (χ2n) is 9.38. The second-order valence-corrected chi connectivity index (χ2v) is 11.5. The monoisotopic (exact) mass is 615 g/mol. The zero-order valence-corrected chi connectivity index (χ0v) is 24.8. The number of ether oxygens (including phenoxy) is 4. The highest BCUT2D eigenvalue weighted by atomic mass is 32.1. The first-order valence-electron chi connectivity index (χ1n) is 13.0. The predicted octanol–water partition coefficient (Wildman–Crippen LogP) is 5.72. The molecule has 222 valence electrons. The number of carbonyl (C=O) groups excluding carboxylic acids is 2. The van der Waals surface area contributed by atoms with Crippen LogP contribution in [0.15, 0.2) is 30.3 Å². The van der Waals surface area contributed by atoms with E-state index >= 15 is 0 Å². The van der Waals surface area contributed by atoms with E-state index in [1.807, 2.05) is 0 Å². The van der Waals surface area contributed by atoms with Crippen molar-refractivity contribution in [3.05, 3.63) is 40.1 Å². The van der Waals surface area contributed by atoms with Crippen molar-refractivity contribution in [3.63, 3.8) is 0 Å². The number of rotatable bonds is 16. The summed E-state index contributed by atoms with van der Waals surface area (Å²) in [5, 5.41) is 18.7. The van der Waals surface area contributed by atoms with Crippen LogP contribution in [-0.2, 0) is 9.59 Å². The van der Waals surface area contributed by atoms with Gasteiger partial charge in [-0.25, -0.2) is 4.98 Å². The van der Waals surface area contributed by atoms with Gasteiger partial charge in [0.25, 0.3) is 5.88 Å². The summed E-state index contributed by atoms with van der Waals surface area (Å²) in [6.45, 7) is 2.04. The topological polar surface area (TPSA) is 159 Å². The van der Waals surface area contributed by atoms with Gasteiger partial charge in [0.2, 0.25) is 0 Å². The minimum Gasteiger partial charge on any atom is -0.493 e. The number of carbonyl (C=O) groups is 4. The third-order valence-electron chi connectivity index (χ3n) is 6.27. The van der Waals surface area contributed by atoms with Gasteiger partial charge >= 0.3 is 11.9 Å². The predicted molar refractivity (Wildman–Crippen MR) is 157 cm³/mol. The van der Waals surface area contributed by atoms with Crippen LogP contribution in [-0.4, -0.2) is 66.1 Å². The van der Waals surface area contributed by atoms with Gasteiger partial charge in [0.15, 0.2) is 28.8 Å². The van der Waals surface area contributed by atoms with Crippen LogP contribution >= 0.6 is 22.7 Å². The Morgan fingerprint density at radius 1 is 0.810 bits per heavy atom. The van der Waals surface area contributed by atoms with E-state index in [0.717, 1.165) is 14.8 Å². The number of ketones is 2. The molecule has 42 heavy (non-hydrogen) atoms. The SMILES string of the molecule is COc1cc2sc(C(=O)CCC(=O)O)cc2cc1OCCCOc1nc2cc(C(=O)CC(C)C(=O)O)sc2cc1OC. The Bertz CT molecular complexity index is 1640. The summed E-state index contributed by atoms with van der Waals surface area (Å²) in [5.41, 5.74) is 0.549. The maximum Gasteiger partial charge on any atom is 0.306 e. The lowest BCUT2D eigenvalue weighted by atomic mass is 10.0. The molecule has 0 amide bonds. The van der Waals surface area contributed by atoms with Crippen molar-refractivity contribution in [2.45, 2.75) is 32.6 Å². The highest BCUT2D eigenvalue weighted by Crippen LogP contribution is 2.37. The lowest BCUT2D eigenvalue weighted by Crippen LogP contribution is -2.13. The van der Waals surface area contributed by atoms with Gasteiger partial charge in [-0.15, -0.1) is 22.7 Å². The quantitative estimate of drug-likeness (QED) is 0.117. The Hall–Kier alpha value is -4.23. The number of carboxylic acids is 2. The zero-order chi connectivity index (χ0) is 30.4. The number of fused-ring (bicyclic) bond motifs is 2. The molecule has 3 heterocycles. The number of carboxylic acid groups (broad SMARTS) is 2. The smallest absolute Gasteiger partial charge is 0.306 e. The van der Waals surface area contributed by atoms with Gasteiger partial charge in [-0.05, 0) is 23.6 Å². The molecule has 0 aliphatic rings. The molecule has 0 saturated carbocycles. The number of hydrogen-bond acceptors (Lipinski definition) is 11. The highest BCUT2D eigenvalue weighted by Gasteiger charge is 2.20. The van der Waals surface area contributed by atoms with Crippen LogP contribution < -0.4 is 18.9 Å². The van der Waals surface area contributed by atoms with Crippen LogP contribution in [0.4, 0.5) is 0 Å². The van der Waals surface area contributed by atoms with Crippen molar-refractivity contribution in [1.29, 1.82) is 0 Å². The van der Waals surface area contributed by atoms with Gasteiger partial charge < -0.3 is 29.2 Å². The van der Waals surface area contributed by atoms with Crippen LogP contribution in [0.25, 0.3) is 20.3 Å². The molecule has 0 aliphatic heterocycles. The minimum atomic E-state index is -1.02. The molecule has 0 radical (unpaired) electrons. The number of hydrogen-bond donors (Lipinski definition) is 2. The molecule has 1 atom stereocenters. The molecule has 4 rings (SSSR count). The summed E-state index contributed by atoms with van der Waals surface area (Å²) in [6, 6.07) is 8.66. The lowest BCUT2D eigenvalue weighted by Gasteiger charge is -2.12. The Morgan fingerprint density at radius 2 is 1.48 bits per heavy atom.